The average molecular weight is 376 g/mol. The summed E-state index contributed by atoms with van der Waals surface area (Å²) >= 11 is 0. The summed E-state index contributed by atoms with van der Waals surface area (Å²) in [5.41, 5.74) is 2.78. The van der Waals surface area contributed by atoms with Crippen LogP contribution in [0.4, 0.5) is 0 Å². The van der Waals surface area contributed by atoms with Crippen molar-refractivity contribution in [3.05, 3.63) is 105 Å². The van der Waals surface area contributed by atoms with Gasteiger partial charge in [-0.2, -0.15) is 0 Å². The molecule has 144 valence electrons. The minimum atomic E-state index is -1.15. The largest absolute Gasteiger partial charge is 0.381 e. The molecule has 0 aliphatic rings. The first-order valence-corrected chi connectivity index (χ1v) is 9.15. The fourth-order valence-corrected chi connectivity index (χ4v) is 3.25. The molecule has 3 N–H and O–H groups in total. The van der Waals surface area contributed by atoms with Crippen LogP contribution in [0.2, 0.25) is 0 Å². The van der Waals surface area contributed by atoms with E-state index < -0.39 is 5.60 Å². The number of rotatable bonds is 5. The number of aliphatic hydroxyl groups is 1. The van der Waals surface area contributed by atoms with E-state index in [9.17, 15) is 14.7 Å². The highest BCUT2D eigenvalue weighted by atomic mass is 16.3. The number of benzene rings is 2. The number of hydrogen-bond donors (Lipinski definition) is 3. The van der Waals surface area contributed by atoms with Crippen molar-refractivity contribution in [2.24, 2.45) is 0 Å². The monoisotopic (exact) mass is 376 g/mol. The molecule has 0 aliphatic carbocycles. The first-order valence-electron chi connectivity index (χ1n) is 9.15. The molecule has 2 aromatic carbocycles. The Labute approximate surface area is 164 Å². The van der Waals surface area contributed by atoms with Crippen LogP contribution in [-0.2, 0) is 12.1 Å². The van der Waals surface area contributed by atoms with Crippen LogP contribution in [0, 0.1) is 13.8 Å². The maximum atomic E-state index is 12.5. The predicted molar refractivity (Wildman–Crippen MR) is 109 cm³/mol. The van der Waals surface area contributed by atoms with E-state index in [-0.39, 0.29) is 18.0 Å². The van der Waals surface area contributed by atoms with Crippen molar-refractivity contribution >= 4 is 5.91 Å². The Hall–Kier alpha value is -3.18. The third-order valence-corrected chi connectivity index (χ3v) is 4.96. The second-order valence-electron chi connectivity index (χ2n) is 7.14. The summed E-state index contributed by atoms with van der Waals surface area (Å²) in [5.74, 6) is -0.273. The van der Waals surface area contributed by atoms with E-state index in [1.165, 1.54) is 0 Å². The zero-order valence-electron chi connectivity index (χ0n) is 16.2. The maximum Gasteiger partial charge on any atom is 0.253 e. The standard InChI is InChI=1S/C23H24N2O3/c1-15-13-16(2)25-22(27)20(15)14-24-21(26)17-9-11-19(12-10-17)23(3,28)18-7-5-4-6-8-18/h4-13,28H,14H2,1-3H3,(H,24,26)(H,25,27). The van der Waals surface area contributed by atoms with Gasteiger partial charge in [0.2, 0.25) is 0 Å². The number of nitrogens with one attached hydrogen (secondary N) is 2. The Morgan fingerprint density at radius 2 is 1.64 bits per heavy atom. The quantitative estimate of drug-likeness (QED) is 0.640. The number of carbonyl (C=O) groups is 1. The Balaban J connectivity index is 1.73. The normalized spacial score (nSPS) is 13.0. The average Bonchev–Trinajstić information content (AvgIpc) is 2.67. The number of amides is 1. The topological polar surface area (TPSA) is 82.2 Å². The molecule has 5 nitrogen and oxygen atoms in total. The summed E-state index contributed by atoms with van der Waals surface area (Å²) in [7, 11) is 0. The van der Waals surface area contributed by atoms with Gasteiger partial charge in [-0.3, -0.25) is 9.59 Å². The number of carbonyl (C=O) groups excluding carboxylic acids is 1. The number of aryl methyl sites for hydroxylation is 2. The van der Waals surface area contributed by atoms with Gasteiger partial charge in [-0.25, -0.2) is 0 Å². The van der Waals surface area contributed by atoms with Crippen LogP contribution in [0.1, 0.15) is 45.2 Å². The van der Waals surface area contributed by atoms with Crippen molar-refractivity contribution in [3.63, 3.8) is 0 Å². The van der Waals surface area contributed by atoms with Crippen LogP contribution in [-0.4, -0.2) is 16.0 Å². The zero-order chi connectivity index (χ0) is 20.3. The summed E-state index contributed by atoms with van der Waals surface area (Å²) in [6, 6.07) is 18.1. The van der Waals surface area contributed by atoms with Crippen LogP contribution < -0.4 is 10.9 Å². The van der Waals surface area contributed by atoms with Gasteiger partial charge < -0.3 is 15.4 Å². The minimum absolute atomic E-state index is 0.157. The maximum absolute atomic E-state index is 12.5. The Morgan fingerprint density at radius 3 is 2.25 bits per heavy atom. The molecule has 1 unspecified atom stereocenters. The molecule has 5 heteroatoms. The molecule has 0 fully saturated rings. The lowest BCUT2D eigenvalue weighted by Gasteiger charge is -2.24. The minimum Gasteiger partial charge on any atom is -0.381 e. The molecule has 0 saturated carbocycles. The second-order valence-corrected chi connectivity index (χ2v) is 7.14. The molecule has 28 heavy (non-hydrogen) atoms. The van der Waals surface area contributed by atoms with E-state index in [1.54, 1.807) is 31.2 Å². The fraction of sp³-hybridized carbons (Fsp3) is 0.217. The molecule has 1 heterocycles. The Morgan fingerprint density at radius 1 is 1.04 bits per heavy atom. The van der Waals surface area contributed by atoms with E-state index in [0.29, 0.717) is 16.7 Å². The number of H-pyrrole nitrogens is 1. The van der Waals surface area contributed by atoms with Gasteiger partial charge in [0.05, 0.1) is 0 Å². The van der Waals surface area contributed by atoms with Crippen molar-refractivity contribution < 1.29 is 9.90 Å². The van der Waals surface area contributed by atoms with E-state index in [2.05, 4.69) is 10.3 Å². The van der Waals surface area contributed by atoms with Gasteiger partial charge in [0.15, 0.2) is 0 Å². The van der Waals surface area contributed by atoms with Gasteiger partial charge in [0.1, 0.15) is 5.60 Å². The lowest BCUT2D eigenvalue weighted by atomic mass is 9.88. The fourth-order valence-electron chi connectivity index (χ4n) is 3.25. The molecular weight excluding hydrogens is 352 g/mol. The van der Waals surface area contributed by atoms with Crippen molar-refractivity contribution in [1.82, 2.24) is 10.3 Å². The van der Waals surface area contributed by atoms with Gasteiger partial charge >= 0.3 is 0 Å². The molecule has 0 spiro atoms. The van der Waals surface area contributed by atoms with Gasteiger partial charge in [-0.1, -0.05) is 42.5 Å². The predicted octanol–water partition coefficient (Wildman–Crippen LogP) is 3.18. The highest BCUT2D eigenvalue weighted by Crippen LogP contribution is 2.28. The van der Waals surface area contributed by atoms with Gasteiger partial charge in [0, 0.05) is 23.4 Å². The molecule has 1 atom stereocenters. The second kappa shape index (κ2) is 7.82. The SMILES string of the molecule is Cc1cc(C)c(CNC(=O)c2ccc(C(C)(O)c3ccccc3)cc2)c(=O)[nH]1. The number of hydrogen-bond acceptors (Lipinski definition) is 3. The molecule has 0 radical (unpaired) electrons. The number of pyridine rings is 1. The number of aromatic nitrogens is 1. The van der Waals surface area contributed by atoms with Crippen LogP contribution >= 0.6 is 0 Å². The Kier molecular flexibility index (Phi) is 5.47. The van der Waals surface area contributed by atoms with E-state index in [4.69, 9.17) is 0 Å². The van der Waals surface area contributed by atoms with Gasteiger partial charge in [-0.15, -0.1) is 0 Å². The lowest BCUT2D eigenvalue weighted by molar-refractivity contribution is 0.0946. The van der Waals surface area contributed by atoms with Crippen LogP contribution in [0.5, 0.6) is 0 Å². The summed E-state index contributed by atoms with van der Waals surface area (Å²) in [6.45, 7) is 5.56. The summed E-state index contributed by atoms with van der Waals surface area (Å²) < 4.78 is 0. The summed E-state index contributed by atoms with van der Waals surface area (Å²) in [5, 5.41) is 13.7. The van der Waals surface area contributed by atoms with Crippen molar-refractivity contribution in [2.45, 2.75) is 32.9 Å². The third kappa shape index (κ3) is 4.05. The van der Waals surface area contributed by atoms with E-state index in [0.717, 1.165) is 16.8 Å². The first-order chi connectivity index (χ1) is 13.3. The van der Waals surface area contributed by atoms with Gasteiger partial charge in [-0.05, 0) is 55.7 Å². The molecule has 0 bridgehead atoms. The Bertz CT molecular complexity index is 1040. The van der Waals surface area contributed by atoms with Gasteiger partial charge in [0.25, 0.3) is 11.5 Å². The van der Waals surface area contributed by atoms with Crippen LogP contribution in [0.25, 0.3) is 0 Å². The molecule has 1 amide bonds. The van der Waals surface area contributed by atoms with Crippen LogP contribution in [0.3, 0.4) is 0 Å². The highest BCUT2D eigenvalue weighted by Gasteiger charge is 2.25. The lowest BCUT2D eigenvalue weighted by Crippen LogP contribution is -2.28. The van der Waals surface area contributed by atoms with E-state index in [1.807, 2.05) is 50.2 Å². The molecule has 1 aromatic heterocycles. The first kappa shape index (κ1) is 19.6. The zero-order valence-corrected chi connectivity index (χ0v) is 16.2. The summed E-state index contributed by atoms with van der Waals surface area (Å²) in [4.78, 5) is 27.3. The smallest absolute Gasteiger partial charge is 0.253 e. The van der Waals surface area contributed by atoms with E-state index >= 15 is 0 Å². The highest BCUT2D eigenvalue weighted by molar-refractivity contribution is 5.94. The van der Waals surface area contributed by atoms with Crippen molar-refractivity contribution in [2.75, 3.05) is 0 Å². The van der Waals surface area contributed by atoms with Crippen molar-refractivity contribution in [3.8, 4) is 0 Å². The summed E-state index contributed by atoms with van der Waals surface area (Å²) in [6.07, 6.45) is 0. The van der Waals surface area contributed by atoms with Crippen LogP contribution in [0.15, 0.2) is 65.5 Å². The van der Waals surface area contributed by atoms with Crippen molar-refractivity contribution in [1.29, 1.82) is 0 Å². The molecular formula is C23H24N2O3. The molecule has 0 aliphatic heterocycles. The molecule has 3 rings (SSSR count). The molecule has 0 saturated heterocycles. The molecule has 3 aromatic rings. The third-order valence-electron chi connectivity index (χ3n) is 4.96. The number of aromatic amines is 1.